The van der Waals surface area contributed by atoms with Crippen molar-refractivity contribution in [3.63, 3.8) is 0 Å². The van der Waals surface area contributed by atoms with E-state index in [-0.39, 0.29) is 11.7 Å². The molecule has 0 bridgehead atoms. The second-order valence-electron chi connectivity index (χ2n) is 6.65. The van der Waals surface area contributed by atoms with Gasteiger partial charge in [0, 0.05) is 24.9 Å². The van der Waals surface area contributed by atoms with Gasteiger partial charge in [0.2, 0.25) is 5.91 Å². The summed E-state index contributed by atoms with van der Waals surface area (Å²) in [5.74, 6) is 1.75. The van der Waals surface area contributed by atoms with Gasteiger partial charge in [0.15, 0.2) is 5.78 Å². The molecule has 0 spiro atoms. The third kappa shape index (κ3) is 6.34. The quantitative estimate of drug-likeness (QED) is 0.518. The molecule has 24 heavy (non-hydrogen) atoms. The van der Waals surface area contributed by atoms with Gasteiger partial charge in [-0.1, -0.05) is 25.7 Å². The third-order valence-electron chi connectivity index (χ3n) is 4.81. The number of carbonyl (C=O) groups excluding carboxylic acids is 2. The predicted octanol–water partition coefficient (Wildman–Crippen LogP) is 4.13. The average Bonchev–Trinajstić information content (AvgIpc) is 3.12. The fraction of sp³-hybridized carbons (Fsp3) is 0.600. The Morgan fingerprint density at radius 2 is 1.79 bits per heavy atom. The highest BCUT2D eigenvalue weighted by Gasteiger charge is 2.14. The first-order chi connectivity index (χ1) is 11.7. The number of hydrogen-bond donors (Lipinski definition) is 1. The van der Waals surface area contributed by atoms with Gasteiger partial charge in [0.25, 0.3) is 0 Å². The Balaban J connectivity index is 1.55. The zero-order valence-corrected chi connectivity index (χ0v) is 14.7. The highest BCUT2D eigenvalue weighted by molar-refractivity contribution is 5.96. The molecule has 1 aromatic rings. The van der Waals surface area contributed by atoms with Gasteiger partial charge in [-0.3, -0.25) is 9.59 Å². The molecule has 0 saturated heterocycles. The number of nitrogens with one attached hydrogen (secondary N) is 1. The number of Topliss-reactive ketones (excluding diaryl/α,β-unsaturated/α-hetero) is 1. The third-order valence-corrected chi connectivity index (χ3v) is 4.81. The number of amides is 1. The Morgan fingerprint density at radius 1 is 1.08 bits per heavy atom. The van der Waals surface area contributed by atoms with E-state index in [1.807, 2.05) is 0 Å². The van der Waals surface area contributed by atoms with Crippen LogP contribution in [0.2, 0.25) is 0 Å². The number of ketones is 1. The molecule has 132 valence electrons. The standard InChI is InChI=1S/C20H29NO3/c1-24-18-13-11-17(12-14-18)19(22)9-4-10-20(23)21-15-5-8-16-6-2-3-7-16/h11-14,16H,2-10,15H2,1H3,(H,21,23). The Bertz CT molecular complexity index is 518. The summed E-state index contributed by atoms with van der Waals surface area (Å²) in [6.45, 7) is 0.766. The van der Waals surface area contributed by atoms with Crippen LogP contribution in [0.4, 0.5) is 0 Å². The molecule has 4 nitrogen and oxygen atoms in total. The molecule has 0 radical (unpaired) electrons. The summed E-state index contributed by atoms with van der Waals surface area (Å²) in [5.41, 5.74) is 0.674. The highest BCUT2D eigenvalue weighted by Crippen LogP contribution is 2.28. The fourth-order valence-electron chi connectivity index (χ4n) is 3.34. The minimum atomic E-state index is 0.0592. The topological polar surface area (TPSA) is 55.4 Å². The molecule has 1 saturated carbocycles. The smallest absolute Gasteiger partial charge is 0.220 e. The van der Waals surface area contributed by atoms with Crippen molar-refractivity contribution in [3.8, 4) is 5.75 Å². The van der Waals surface area contributed by atoms with Crippen molar-refractivity contribution in [3.05, 3.63) is 29.8 Å². The number of ether oxygens (including phenoxy) is 1. The highest BCUT2D eigenvalue weighted by atomic mass is 16.5. The maximum Gasteiger partial charge on any atom is 0.220 e. The molecule has 4 heteroatoms. The Morgan fingerprint density at radius 3 is 2.46 bits per heavy atom. The van der Waals surface area contributed by atoms with Gasteiger partial charge in [-0.25, -0.2) is 0 Å². The van der Waals surface area contributed by atoms with Gasteiger partial charge in [-0.15, -0.1) is 0 Å². The average molecular weight is 331 g/mol. The summed E-state index contributed by atoms with van der Waals surface area (Å²) >= 11 is 0. The summed E-state index contributed by atoms with van der Waals surface area (Å²) in [4.78, 5) is 23.9. The largest absolute Gasteiger partial charge is 0.497 e. The van der Waals surface area contributed by atoms with E-state index in [1.165, 1.54) is 32.1 Å². The van der Waals surface area contributed by atoms with Crippen molar-refractivity contribution in [1.82, 2.24) is 5.32 Å². The summed E-state index contributed by atoms with van der Waals surface area (Å²) in [7, 11) is 1.60. The molecular weight excluding hydrogens is 302 g/mol. The monoisotopic (exact) mass is 331 g/mol. The van der Waals surface area contributed by atoms with Gasteiger partial charge in [0.05, 0.1) is 7.11 Å². The first-order valence-corrected chi connectivity index (χ1v) is 9.13. The molecular formula is C20H29NO3. The molecule has 0 aromatic heterocycles. The van der Waals surface area contributed by atoms with Crippen molar-refractivity contribution in [2.24, 2.45) is 5.92 Å². The van der Waals surface area contributed by atoms with E-state index in [0.29, 0.717) is 24.8 Å². The summed E-state index contributed by atoms with van der Waals surface area (Å²) in [6, 6.07) is 7.10. The lowest BCUT2D eigenvalue weighted by molar-refractivity contribution is -0.121. The molecule has 0 aliphatic heterocycles. The minimum absolute atomic E-state index is 0.0592. The van der Waals surface area contributed by atoms with Gasteiger partial charge in [0.1, 0.15) is 5.75 Å². The van der Waals surface area contributed by atoms with Crippen LogP contribution in [0.25, 0.3) is 0 Å². The summed E-state index contributed by atoms with van der Waals surface area (Å²) in [5, 5.41) is 2.97. The fourth-order valence-corrected chi connectivity index (χ4v) is 3.34. The van der Waals surface area contributed by atoms with E-state index >= 15 is 0 Å². The molecule has 2 rings (SSSR count). The minimum Gasteiger partial charge on any atom is -0.497 e. The number of rotatable bonds is 10. The van der Waals surface area contributed by atoms with Gasteiger partial charge < -0.3 is 10.1 Å². The molecule has 0 atom stereocenters. The van der Waals surface area contributed by atoms with E-state index in [1.54, 1.807) is 31.4 Å². The molecule has 0 unspecified atom stereocenters. The van der Waals surface area contributed by atoms with Crippen molar-refractivity contribution in [2.75, 3.05) is 13.7 Å². The van der Waals surface area contributed by atoms with E-state index in [0.717, 1.165) is 24.6 Å². The lowest BCUT2D eigenvalue weighted by Gasteiger charge is -2.09. The summed E-state index contributed by atoms with van der Waals surface area (Å²) < 4.78 is 5.08. The number of hydrogen-bond acceptors (Lipinski definition) is 3. The molecule has 1 amide bonds. The molecule has 1 fully saturated rings. The van der Waals surface area contributed by atoms with Crippen LogP contribution in [0.15, 0.2) is 24.3 Å². The second kappa shape index (κ2) is 10.1. The molecule has 1 aliphatic carbocycles. The predicted molar refractivity (Wildman–Crippen MR) is 95.4 cm³/mol. The van der Waals surface area contributed by atoms with Crippen LogP contribution in [0, 0.1) is 5.92 Å². The van der Waals surface area contributed by atoms with E-state index in [4.69, 9.17) is 4.74 Å². The summed E-state index contributed by atoms with van der Waals surface area (Å²) in [6.07, 6.45) is 9.20. The number of benzene rings is 1. The lowest BCUT2D eigenvalue weighted by atomic mass is 10.0. The van der Waals surface area contributed by atoms with Crippen LogP contribution >= 0.6 is 0 Å². The molecule has 1 aromatic carbocycles. The molecule has 0 heterocycles. The zero-order valence-electron chi connectivity index (χ0n) is 14.7. The van der Waals surface area contributed by atoms with Crippen LogP contribution in [0.3, 0.4) is 0 Å². The van der Waals surface area contributed by atoms with Crippen LogP contribution in [-0.4, -0.2) is 25.3 Å². The Hall–Kier alpha value is -1.84. The maximum absolute atomic E-state index is 12.1. The maximum atomic E-state index is 12.1. The zero-order chi connectivity index (χ0) is 17.2. The number of methoxy groups -OCH3 is 1. The van der Waals surface area contributed by atoms with Crippen LogP contribution < -0.4 is 10.1 Å². The van der Waals surface area contributed by atoms with Crippen molar-refractivity contribution in [2.45, 2.75) is 57.8 Å². The first kappa shape index (κ1) is 18.5. The molecule has 1 aliphatic rings. The van der Waals surface area contributed by atoms with Crippen molar-refractivity contribution < 1.29 is 14.3 Å². The molecule has 1 N–H and O–H groups in total. The SMILES string of the molecule is COc1ccc(C(=O)CCCC(=O)NCCCC2CCCC2)cc1. The first-order valence-electron chi connectivity index (χ1n) is 9.13. The van der Waals surface area contributed by atoms with E-state index in [2.05, 4.69) is 5.32 Å². The Kier molecular flexibility index (Phi) is 7.80. The second-order valence-corrected chi connectivity index (χ2v) is 6.65. The lowest BCUT2D eigenvalue weighted by Crippen LogP contribution is -2.24. The van der Waals surface area contributed by atoms with Crippen molar-refractivity contribution in [1.29, 1.82) is 0 Å². The van der Waals surface area contributed by atoms with E-state index < -0.39 is 0 Å². The van der Waals surface area contributed by atoms with Crippen LogP contribution in [-0.2, 0) is 4.79 Å². The van der Waals surface area contributed by atoms with Gasteiger partial charge in [-0.2, -0.15) is 0 Å². The normalized spacial score (nSPS) is 14.5. The van der Waals surface area contributed by atoms with Gasteiger partial charge in [-0.05, 0) is 49.4 Å². The van der Waals surface area contributed by atoms with Gasteiger partial charge >= 0.3 is 0 Å². The number of carbonyl (C=O) groups is 2. The van der Waals surface area contributed by atoms with Crippen molar-refractivity contribution >= 4 is 11.7 Å². The van der Waals surface area contributed by atoms with Crippen LogP contribution in [0.1, 0.15) is 68.1 Å². The Labute approximate surface area is 145 Å². The van der Waals surface area contributed by atoms with E-state index in [9.17, 15) is 9.59 Å². The van der Waals surface area contributed by atoms with Crippen LogP contribution in [0.5, 0.6) is 5.75 Å².